The van der Waals surface area contributed by atoms with E-state index in [1.807, 2.05) is 30.3 Å². The van der Waals surface area contributed by atoms with E-state index >= 15 is 0 Å². The molecule has 1 fully saturated rings. The zero-order valence-corrected chi connectivity index (χ0v) is 13.5. The lowest BCUT2D eigenvalue weighted by Crippen LogP contribution is -2.44. The summed E-state index contributed by atoms with van der Waals surface area (Å²) in [6, 6.07) is 11.0. The highest BCUT2D eigenvalue weighted by molar-refractivity contribution is 5.76. The van der Waals surface area contributed by atoms with E-state index in [-0.39, 0.29) is 18.5 Å². The minimum Gasteiger partial charge on any atom is -0.352 e. The fourth-order valence-corrected chi connectivity index (χ4v) is 3.09. The van der Waals surface area contributed by atoms with Gasteiger partial charge >= 0.3 is 5.69 Å². The highest BCUT2D eigenvalue weighted by Gasteiger charge is 2.18. The largest absolute Gasteiger partial charge is 0.352 e. The van der Waals surface area contributed by atoms with E-state index in [2.05, 4.69) is 5.32 Å². The van der Waals surface area contributed by atoms with Crippen molar-refractivity contribution in [3.8, 4) is 0 Å². The third kappa shape index (κ3) is 3.82. The number of rotatable bonds is 5. The van der Waals surface area contributed by atoms with Crippen LogP contribution in [0.5, 0.6) is 0 Å². The molecule has 1 aliphatic rings. The van der Waals surface area contributed by atoms with Crippen LogP contribution in [0.3, 0.4) is 0 Å². The summed E-state index contributed by atoms with van der Waals surface area (Å²) in [5.74, 6) is -0.279. The topological polar surface area (TPSA) is 73.1 Å². The second-order valence-corrected chi connectivity index (χ2v) is 6.19. The molecule has 0 aliphatic heterocycles. The van der Waals surface area contributed by atoms with Gasteiger partial charge in [0.25, 0.3) is 5.56 Å². The van der Waals surface area contributed by atoms with Gasteiger partial charge in [-0.15, -0.1) is 0 Å². The maximum Gasteiger partial charge on any atom is 0.331 e. The van der Waals surface area contributed by atoms with Gasteiger partial charge in [-0.25, -0.2) is 4.79 Å². The zero-order valence-electron chi connectivity index (χ0n) is 13.5. The van der Waals surface area contributed by atoms with Gasteiger partial charge in [-0.1, -0.05) is 43.2 Å². The van der Waals surface area contributed by atoms with E-state index in [0.717, 1.165) is 35.8 Å². The lowest BCUT2D eigenvalue weighted by atomic mass is 10.2. The molecular weight excluding hydrogens is 306 g/mol. The van der Waals surface area contributed by atoms with E-state index in [1.165, 1.54) is 16.8 Å². The van der Waals surface area contributed by atoms with Gasteiger partial charge in [0.05, 0.1) is 6.54 Å². The number of amides is 1. The Morgan fingerprint density at radius 3 is 2.50 bits per heavy atom. The molecule has 1 heterocycles. The Balaban J connectivity index is 1.77. The smallest absolute Gasteiger partial charge is 0.331 e. The molecule has 6 nitrogen and oxygen atoms in total. The van der Waals surface area contributed by atoms with Gasteiger partial charge < -0.3 is 5.32 Å². The van der Waals surface area contributed by atoms with E-state index in [1.54, 1.807) is 0 Å². The molecule has 6 heteroatoms. The molecule has 24 heavy (non-hydrogen) atoms. The number of carbonyl (C=O) groups is 1. The van der Waals surface area contributed by atoms with Gasteiger partial charge in [-0.05, 0) is 18.4 Å². The van der Waals surface area contributed by atoms with Gasteiger partial charge in [-0.2, -0.15) is 0 Å². The number of carbonyl (C=O) groups excluding carboxylic acids is 1. The maximum atomic E-state index is 12.5. The summed E-state index contributed by atoms with van der Waals surface area (Å²) in [5.41, 5.74) is 0.0408. The van der Waals surface area contributed by atoms with Crippen molar-refractivity contribution in [2.75, 3.05) is 0 Å². The zero-order chi connectivity index (χ0) is 16.9. The highest BCUT2D eigenvalue weighted by Crippen LogP contribution is 2.17. The monoisotopic (exact) mass is 327 g/mol. The fraction of sp³-hybridized carbons (Fsp3) is 0.389. The van der Waals surface area contributed by atoms with Gasteiger partial charge in [0.15, 0.2) is 0 Å². The van der Waals surface area contributed by atoms with Gasteiger partial charge in [0.1, 0.15) is 6.54 Å². The van der Waals surface area contributed by atoms with Crippen LogP contribution in [0.25, 0.3) is 0 Å². The molecule has 1 aliphatic carbocycles. The van der Waals surface area contributed by atoms with Crippen molar-refractivity contribution in [2.45, 2.75) is 44.8 Å². The molecule has 1 saturated carbocycles. The van der Waals surface area contributed by atoms with Crippen LogP contribution in [0, 0.1) is 0 Å². The Kier molecular flexibility index (Phi) is 4.93. The summed E-state index contributed by atoms with van der Waals surface area (Å²) in [5, 5.41) is 2.90. The molecule has 1 aromatic heterocycles. The molecule has 0 spiro atoms. The minimum absolute atomic E-state index is 0.170. The van der Waals surface area contributed by atoms with Crippen LogP contribution in [-0.4, -0.2) is 21.1 Å². The van der Waals surface area contributed by atoms with E-state index in [0.29, 0.717) is 6.54 Å². The van der Waals surface area contributed by atoms with E-state index in [4.69, 9.17) is 0 Å². The Hall–Kier alpha value is -2.63. The summed E-state index contributed by atoms with van der Waals surface area (Å²) >= 11 is 0. The van der Waals surface area contributed by atoms with E-state index in [9.17, 15) is 14.4 Å². The second kappa shape index (κ2) is 7.29. The second-order valence-electron chi connectivity index (χ2n) is 6.19. The Labute approximate surface area is 139 Å². The summed E-state index contributed by atoms with van der Waals surface area (Å²) in [4.78, 5) is 36.6. The van der Waals surface area contributed by atoms with Crippen LogP contribution >= 0.6 is 0 Å². The van der Waals surface area contributed by atoms with Gasteiger partial charge in [-0.3, -0.25) is 18.7 Å². The lowest BCUT2D eigenvalue weighted by Gasteiger charge is -2.13. The Bertz CT molecular complexity index is 817. The molecule has 0 saturated heterocycles. The number of aromatic nitrogens is 2. The molecule has 0 bridgehead atoms. The molecule has 1 aromatic carbocycles. The maximum absolute atomic E-state index is 12.5. The third-order valence-corrected chi connectivity index (χ3v) is 4.36. The van der Waals surface area contributed by atoms with Crippen molar-refractivity contribution in [3.05, 3.63) is 69.0 Å². The van der Waals surface area contributed by atoms with Gasteiger partial charge in [0, 0.05) is 18.3 Å². The highest BCUT2D eigenvalue weighted by atomic mass is 16.2. The van der Waals surface area contributed by atoms with Crippen molar-refractivity contribution >= 4 is 5.91 Å². The standard InChI is InChI=1S/C18H21N3O3/c22-16(19-15-8-4-5-9-15)13-21-17(23)10-11-20(18(21)24)12-14-6-2-1-3-7-14/h1-3,6-7,10-11,15H,4-5,8-9,12-13H2,(H,19,22). The molecule has 0 unspecified atom stereocenters. The summed E-state index contributed by atoms with van der Waals surface area (Å²) < 4.78 is 2.44. The Morgan fingerprint density at radius 2 is 1.79 bits per heavy atom. The number of benzene rings is 1. The summed E-state index contributed by atoms with van der Waals surface area (Å²) in [6.45, 7) is 0.133. The average molecular weight is 327 g/mol. The van der Waals surface area contributed by atoms with Crippen molar-refractivity contribution < 1.29 is 4.79 Å². The van der Waals surface area contributed by atoms with Crippen molar-refractivity contribution in [3.63, 3.8) is 0 Å². The molecule has 1 amide bonds. The molecule has 3 rings (SSSR count). The normalized spacial score (nSPS) is 14.7. The van der Waals surface area contributed by atoms with Crippen LogP contribution < -0.4 is 16.6 Å². The van der Waals surface area contributed by atoms with Crippen molar-refractivity contribution in [1.82, 2.24) is 14.5 Å². The summed E-state index contributed by atoms with van der Waals surface area (Å²) in [7, 11) is 0. The van der Waals surface area contributed by atoms with Crippen LogP contribution in [0.4, 0.5) is 0 Å². The number of hydrogen-bond donors (Lipinski definition) is 1. The predicted octanol–water partition coefficient (Wildman–Crippen LogP) is 1.12. The SMILES string of the molecule is O=C(Cn1c(=O)ccn(Cc2ccccc2)c1=O)NC1CCCC1. The number of hydrogen-bond acceptors (Lipinski definition) is 3. The molecule has 0 radical (unpaired) electrons. The summed E-state index contributed by atoms with van der Waals surface area (Å²) in [6.07, 6.45) is 5.63. The molecule has 0 atom stereocenters. The fourth-order valence-electron chi connectivity index (χ4n) is 3.09. The van der Waals surface area contributed by atoms with Crippen LogP contribution in [0.2, 0.25) is 0 Å². The first kappa shape index (κ1) is 16.2. The number of nitrogens with one attached hydrogen (secondary N) is 1. The average Bonchev–Trinajstić information content (AvgIpc) is 3.08. The Morgan fingerprint density at radius 1 is 1.08 bits per heavy atom. The van der Waals surface area contributed by atoms with E-state index < -0.39 is 11.2 Å². The molecule has 126 valence electrons. The first-order chi connectivity index (χ1) is 11.6. The molecule has 2 aromatic rings. The predicted molar refractivity (Wildman–Crippen MR) is 90.9 cm³/mol. The number of nitrogens with zero attached hydrogens (tertiary/aromatic N) is 2. The lowest BCUT2D eigenvalue weighted by molar-refractivity contribution is -0.122. The first-order valence-corrected chi connectivity index (χ1v) is 8.27. The third-order valence-electron chi connectivity index (χ3n) is 4.36. The minimum atomic E-state index is -0.465. The molecular formula is C18H21N3O3. The van der Waals surface area contributed by atoms with Gasteiger partial charge in [0.2, 0.25) is 5.91 Å². The van der Waals surface area contributed by atoms with Crippen LogP contribution in [0.1, 0.15) is 31.2 Å². The van der Waals surface area contributed by atoms with Crippen LogP contribution in [0.15, 0.2) is 52.2 Å². The van der Waals surface area contributed by atoms with Crippen LogP contribution in [-0.2, 0) is 17.9 Å². The first-order valence-electron chi connectivity index (χ1n) is 8.27. The van der Waals surface area contributed by atoms with Crippen molar-refractivity contribution in [2.24, 2.45) is 0 Å². The van der Waals surface area contributed by atoms with Crippen molar-refractivity contribution in [1.29, 1.82) is 0 Å². The quantitative estimate of drug-likeness (QED) is 0.894. The molecule has 1 N–H and O–H groups in total.